The second-order valence-corrected chi connectivity index (χ2v) is 8.92. The normalized spacial score (nSPS) is 16.2. The van der Waals surface area contributed by atoms with Crippen LogP contribution in [0.1, 0.15) is 18.0 Å². The van der Waals surface area contributed by atoms with Gasteiger partial charge in [-0.05, 0) is 30.7 Å². The van der Waals surface area contributed by atoms with Gasteiger partial charge in [0.05, 0.1) is 17.9 Å². The maximum Gasteiger partial charge on any atom is 0.265 e. The average molecular weight is 462 g/mol. The molecule has 1 atom stereocenters. The van der Waals surface area contributed by atoms with E-state index in [0.29, 0.717) is 39.1 Å². The van der Waals surface area contributed by atoms with Crippen LogP contribution in [0.25, 0.3) is 16.7 Å². The fraction of sp³-hybridized carbons (Fsp3) is 0.217. The third kappa shape index (κ3) is 3.34. The van der Waals surface area contributed by atoms with E-state index in [9.17, 15) is 9.59 Å². The largest absolute Gasteiger partial charge is 0.454 e. The van der Waals surface area contributed by atoms with Gasteiger partial charge in [0, 0.05) is 23.9 Å². The van der Waals surface area contributed by atoms with Gasteiger partial charge in [-0.1, -0.05) is 30.0 Å². The fourth-order valence-electron chi connectivity index (χ4n) is 4.16. The van der Waals surface area contributed by atoms with Gasteiger partial charge in [-0.15, -0.1) is 0 Å². The van der Waals surface area contributed by atoms with E-state index in [-0.39, 0.29) is 30.7 Å². The molecule has 0 bridgehead atoms. The van der Waals surface area contributed by atoms with Crippen molar-refractivity contribution in [1.29, 1.82) is 0 Å². The van der Waals surface area contributed by atoms with Gasteiger partial charge in [-0.3, -0.25) is 14.2 Å². The van der Waals surface area contributed by atoms with Crippen molar-refractivity contribution in [3.8, 4) is 17.2 Å². The summed E-state index contributed by atoms with van der Waals surface area (Å²) in [4.78, 5) is 30.8. The van der Waals surface area contributed by atoms with Crippen molar-refractivity contribution >= 4 is 34.4 Å². The Morgan fingerprint density at radius 3 is 2.94 bits per heavy atom. The lowest BCUT2D eigenvalue weighted by Gasteiger charge is -2.14. The molecule has 2 aromatic carbocycles. The minimum Gasteiger partial charge on any atom is -0.454 e. The lowest BCUT2D eigenvalue weighted by atomic mass is 10.2. The maximum absolute atomic E-state index is 13.3. The maximum atomic E-state index is 13.3. The van der Waals surface area contributed by atoms with Crippen LogP contribution in [0.5, 0.6) is 11.5 Å². The number of thioether (sulfide) groups is 1. The Labute approximate surface area is 192 Å². The summed E-state index contributed by atoms with van der Waals surface area (Å²) >= 11 is 1.48. The molecule has 2 aromatic heterocycles. The fourth-order valence-corrected chi connectivity index (χ4v) is 5.29. The summed E-state index contributed by atoms with van der Waals surface area (Å²) in [5.41, 5.74) is 2.89. The van der Waals surface area contributed by atoms with Crippen molar-refractivity contribution < 1.29 is 14.3 Å². The second kappa shape index (κ2) is 7.66. The quantitative estimate of drug-likeness (QED) is 0.466. The summed E-state index contributed by atoms with van der Waals surface area (Å²) in [5.74, 6) is 1.67. The molecule has 6 rings (SSSR count). The number of rotatable bonds is 4. The highest BCUT2D eigenvalue weighted by Crippen LogP contribution is 2.36. The van der Waals surface area contributed by atoms with E-state index in [0.717, 1.165) is 11.3 Å². The van der Waals surface area contributed by atoms with Crippen LogP contribution in [0.4, 0.5) is 5.69 Å². The average Bonchev–Trinajstić information content (AvgIpc) is 3.53. The number of para-hydroxylation sites is 1. The number of fused-ring (bicyclic) bond motifs is 3. The third-order valence-electron chi connectivity index (χ3n) is 5.79. The molecule has 2 aliphatic rings. The number of aromatic nitrogens is 4. The Hall–Kier alpha value is -3.79. The Kier molecular flexibility index (Phi) is 4.61. The summed E-state index contributed by atoms with van der Waals surface area (Å²) in [6.07, 6.45) is 1.71. The highest BCUT2D eigenvalue weighted by Gasteiger charge is 2.30. The molecule has 4 aromatic rings. The number of ether oxygens (including phenoxy) is 2. The van der Waals surface area contributed by atoms with Crippen molar-refractivity contribution in [3.05, 3.63) is 64.6 Å². The second-order valence-electron chi connectivity index (χ2n) is 7.93. The Balaban J connectivity index is 1.28. The van der Waals surface area contributed by atoms with Gasteiger partial charge >= 0.3 is 0 Å². The molecule has 0 spiro atoms. The third-order valence-corrected chi connectivity index (χ3v) is 6.89. The number of nitrogens with zero attached hydrogens (tertiary/aromatic N) is 4. The van der Waals surface area contributed by atoms with Crippen molar-refractivity contribution in [1.82, 2.24) is 19.3 Å². The zero-order chi connectivity index (χ0) is 22.5. The van der Waals surface area contributed by atoms with Crippen LogP contribution >= 0.6 is 11.8 Å². The first-order chi connectivity index (χ1) is 16.1. The molecule has 1 unspecified atom stereocenters. The number of benzene rings is 2. The van der Waals surface area contributed by atoms with E-state index in [4.69, 9.17) is 14.5 Å². The number of carbonyl (C=O) groups is 1. The van der Waals surface area contributed by atoms with Crippen LogP contribution in [0.3, 0.4) is 0 Å². The van der Waals surface area contributed by atoms with Gasteiger partial charge in [0.15, 0.2) is 22.3 Å². The molecular formula is C23H19N5O4S. The van der Waals surface area contributed by atoms with Crippen LogP contribution in [-0.2, 0) is 4.79 Å². The number of nitrogens with one attached hydrogen (secondary N) is 1. The van der Waals surface area contributed by atoms with Crippen molar-refractivity contribution in [2.45, 2.75) is 24.5 Å². The molecular weight excluding hydrogens is 442 g/mol. The molecule has 1 N–H and O–H groups in total. The Morgan fingerprint density at radius 2 is 2.06 bits per heavy atom. The van der Waals surface area contributed by atoms with Gasteiger partial charge < -0.3 is 14.8 Å². The summed E-state index contributed by atoms with van der Waals surface area (Å²) < 4.78 is 14.0. The van der Waals surface area contributed by atoms with Crippen LogP contribution in [-0.4, -0.2) is 37.8 Å². The molecule has 2 aliphatic heterocycles. The number of amides is 1. The zero-order valence-electron chi connectivity index (χ0n) is 17.6. The monoisotopic (exact) mass is 461 g/mol. The van der Waals surface area contributed by atoms with Crippen LogP contribution in [0.15, 0.2) is 58.6 Å². The first kappa shape index (κ1) is 19.9. The van der Waals surface area contributed by atoms with Crippen molar-refractivity contribution in [2.24, 2.45) is 0 Å². The highest BCUT2D eigenvalue weighted by atomic mass is 32.2. The molecule has 0 aliphatic carbocycles. The molecule has 166 valence electrons. The minimum absolute atomic E-state index is 0.160. The summed E-state index contributed by atoms with van der Waals surface area (Å²) in [6, 6.07) is 12.8. The summed E-state index contributed by atoms with van der Waals surface area (Å²) in [7, 11) is 0. The van der Waals surface area contributed by atoms with Crippen LogP contribution in [0.2, 0.25) is 0 Å². The van der Waals surface area contributed by atoms with Crippen LogP contribution in [0, 0.1) is 6.92 Å². The van der Waals surface area contributed by atoms with Gasteiger partial charge in [0.1, 0.15) is 5.39 Å². The van der Waals surface area contributed by atoms with Gasteiger partial charge in [0.2, 0.25) is 12.7 Å². The SMILES string of the molecule is Cc1ccccc1-n1ncc2c(=O)n3c(nc21)SCC3CC(=O)Nc1ccc2c(c1)OCO2. The van der Waals surface area contributed by atoms with E-state index in [1.54, 1.807) is 33.6 Å². The number of hydrogen-bond acceptors (Lipinski definition) is 7. The molecule has 9 nitrogen and oxygen atoms in total. The van der Waals surface area contributed by atoms with Gasteiger partial charge in [-0.25, -0.2) is 9.67 Å². The topological polar surface area (TPSA) is 100 Å². The van der Waals surface area contributed by atoms with E-state index in [1.807, 2.05) is 31.2 Å². The van der Waals surface area contributed by atoms with E-state index in [2.05, 4.69) is 10.4 Å². The first-order valence-electron chi connectivity index (χ1n) is 10.5. The predicted octanol–water partition coefficient (Wildman–Crippen LogP) is 3.29. The minimum atomic E-state index is -0.287. The molecule has 4 heterocycles. The van der Waals surface area contributed by atoms with E-state index in [1.165, 1.54) is 11.8 Å². The Morgan fingerprint density at radius 1 is 1.21 bits per heavy atom. The molecule has 0 radical (unpaired) electrons. The predicted molar refractivity (Wildman–Crippen MR) is 123 cm³/mol. The molecule has 0 saturated heterocycles. The number of carbonyl (C=O) groups excluding carboxylic acids is 1. The molecule has 0 saturated carbocycles. The molecule has 1 amide bonds. The first-order valence-corrected chi connectivity index (χ1v) is 11.5. The highest BCUT2D eigenvalue weighted by molar-refractivity contribution is 7.99. The summed E-state index contributed by atoms with van der Waals surface area (Å²) in [6.45, 7) is 2.17. The van der Waals surface area contributed by atoms with Gasteiger partial charge in [-0.2, -0.15) is 5.10 Å². The number of aryl methyl sites for hydroxylation is 1. The van der Waals surface area contributed by atoms with Crippen molar-refractivity contribution in [3.63, 3.8) is 0 Å². The lowest BCUT2D eigenvalue weighted by molar-refractivity contribution is -0.116. The smallest absolute Gasteiger partial charge is 0.265 e. The number of anilines is 1. The van der Waals surface area contributed by atoms with E-state index < -0.39 is 0 Å². The lowest BCUT2D eigenvalue weighted by Crippen LogP contribution is -2.27. The molecule has 0 fully saturated rings. The van der Waals surface area contributed by atoms with Gasteiger partial charge in [0.25, 0.3) is 5.56 Å². The summed E-state index contributed by atoms with van der Waals surface area (Å²) in [5, 5.41) is 8.35. The standard InChI is InChI=1S/C23H19N5O4S/c1-13-4-2-3-5-17(13)28-21-16(10-24-28)22(30)27-15(11-33-23(27)26-21)9-20(29)25-14-6-7-18-19(8-14)32-12-31-18/h2-8,10,15H,9,11-12H2,1H3,(H,25,29). The van der Waals surface area contributed by atoms with Crippen molar-refractivity contribution in [2.75, 3.05) is 17.9 Å². The van der Waals surface area contributed by atoms with Crippen LogP contribution < -0.4 is 20.3 Å². The molecule has 10 heteroatoms. The molecule has 33 heavy (non-hydrogen) atoms. The van der Waals surface area contributed by atoms with E-state index >= 15 is 0 Å². The Bertz CT molecular complexity index is 1480. The number of hydrogen-bond donors (Lipinski definition) is 1. The zero-order valence-corrected chi connectivity index (χ0v) is 18.5.